The molecule has 0 spiro atoms. The number of hydrogen-bond acceptors (Lipinski definition) is 5. The van der Waals surface area contributed by atoms with Gasteiger partial charge >= 0.3 is 0 Å². The summed E-state index contributed by atoms with van der Waals surface area (Å²) >= 11 is 1.58. The lowest BCUT2D eigenvalue weighted by molar-refractivity contribution is 0.0710. The second-order valence-electron chi connectivity index (χ2n) is 6.83. The maximum absolute atomic E-state index is 12.8. The first-order valence-electron chi connectivity index (χ1n) is 9.21. The minimum atomic E-state index is -0.138. The number of aromatic nitrogens is 2. The van der Waals surface area contributed by atoms with Crippen LogP contribution in [0.1, 0.15) is 34.9 Å². The molecule has 7 heteroatoms. The number of hydrogen-bond donors (Lipinski definition) is 1. The summed E-state index contributed by atoms with van der Waals surface area (Å²) in [6, 6.07) is 10.7. The predicted octanol–water partition coefficient (Wildman–Crippen LogP) is 3.53. The highest BCUT2D eigenvalue weighted by Gasteiger charge is 2.26. The summed E-state index contributed by atoms with van der Waals surface area (Å²) in [5.74, 6) is 1.53. The summed E-state index contributed by atoms with van der Waals surface area (Å²) in [4.78, 5) is 34.3. The van der Waals surface area contributed by atoms with E-state index in [4.69, 9.17) is 4.74 Å². The first-order valence-corrected chi connectivity index (χ1v) is 10.2. The Morgan fingerprint density at radius 3 is 2.79 bits per heavy atom. The minimum Gasteiger partial charge on any atom is -0.497 e. The molecule has 0 radical (unpaired) electrons. The van der Waals surface area contributed by atoms with Gasteiger partial charge in [-0.3, -0.25) is 9.59 Å². The molecular formula is C21H21N3O3S. The molecule has 6 nitrogen and oxygen atoms in total. The summed E-state index contributed by atoms with van der Waals surface area (Å²) in [7, 11) is 1.59. The van der Waals surface area contributed by atoms with Gasteiger partial charge in [-0.2, -0.15) is 11.3 Å². The largest absolute Gasteiger partial charge is 0.497 e. The lowest BCUT2D eigenvalue weighted by atomic mass is 9.95. The van der Waals surface area contributed by atoms with Gasteiger partial charge in [-0.25, -0.2) is 4.98 Å². The van der Waals surface area contributed by atoms with E-state index in [-0.39, 0.29) is 17.4 Å². The quantitative estimate of drug-likeness (QED) is 0.733. The van der Waals surface area contributed by atoms with Gasteiger partial charge in [-0.15, -0.1) is 0 Å². The Morgan fingerprint density at radius 1 is 1.25 bits per heavy atom. The third kappa shape index (κ3) is 3.84. The highest BCUT2D eigenvalue weighted by atomic mass is 32.1. The van der Waals surface area contributed by atoms with Crippen molar-refractivity contribution < 1.29 is 9.53 Å². The number of likely N-dealkylation sites (tertiary alicyclic amines) is 1. The maximum atomic E-state index is 12.8. The Hall–Kier alpha value is -2.93. The molecule has 0 unspecified atom stereocenters. The number of carbonyl (C=O) groups is 1. The Morgan fingerprint density at radius 2 is 2.07 bits per heavy atom. The van der Waals surface area contributed by atoms with Gasteiger partial charge < -0.3 is 14.6 Å². The molecule has 1 aliphatic rings. The number of ether oxygens (including phenoxy) is 1. The number of aromatic amines is 1. The molecule has 1 N–H and O–H groups in total. The zero-order chi connectivity index (χ0) is 19.5. The number of amides is 1. The second kappa shape index (κ2) is 7.98. The lowest BCUT2D eigenvalue weighted by Crippen LogP contribution is -2.38. The van der Waals surface area contributed by atoms with Crippen molar-refractivity contribution >= 4 is 17.2 Å². The number of benzene rings is 1. The van der Waals surface area contributed by atoms with Crippen molar-refractivity contribution in [3.05, 3.63) is 68.9 Å². The molecule has 0 bridgehead atoms. The zero-order valence-corrected chi connectivity index (χ0v) is 16.4. The summed E-state index contributed by atoms with van der Waals surface area (Å²) < 4.78 is 5.21. The standard InChI is InChI=1S/C21H21N3O3S/c1-27-17-4-2-3-15(11-17)21(26)24-8-5-14(6-9-24)20-22-18(12-19(25)23-20)16-7-10-28-13-16/h2-4,7,10-14H,5-6,8-9H2,1H3,(H,22,23,25). The molecular weight excluding hydrogens is 374 g/mol. The average Bonchev–Trinajstić information content (AvgIpc) is 3.28. The van der Waals surface area contributed by atoms with Gasteiger partial charge in [0.25, 0.3) is 11.5 Å². The van der Waals surface area contributed by atoms with Crippen LogP contribution in [0, 0.1) is 0 Å². The van der Waals surface area contributed by atoms with Crippen molar-refractivity contribution in [2.75, 3.05) is 20.2 Å². The average molecular weight is 395 g/mol. The molecule has 1 saturated heterocycles. The van der Waals surface area contributed by atoms with E-state index in [0.717, 1.165) is 18.4 Å². The van der Waals surface area contributed by atoms with E-state index in [1.807, 2.05) is 33.9 Å². The van der Waals surface area contributed by atoms with Crippen LogP contribution in [0.25, 0.3) is 11.3 Å². The molecule has 1 aromatic carbocycles. The molecule has 1 amide bonds. The van der Waals surface area contributed by atoms with Gasteiger partial charge in [0.15, 0.2) is 0 Å². The number of methoxy groups -OCH3 is 1. The summed E-state index contributed by atoms with van der Waals surface area (Å²) in [6.07, 6.45) is 1.54. The van der Waals surface area contributed by atoms with E-state index in [2.05, 4.69) is 9.97 Å². The molecule has 3 heterocycles. The van der Waals surface area contributed by atoms with Gasteiger partial charge in [0.05, 0.1) is 12.8 Å². The molecule has 4 rings (SSSR count). The number of nitrogens with zero attached hydrogens (tertiary/aromatic N) is 2. The van der Waals surface area contributed by atoms with Crippen LogP contribution >= 0.6 is 11.3 Å². The van der Waals surface area contributed by atoms with Crippen molar-refractivity contribution in [1.29, 1.82) is 0 Å². The number of thiophene rings is 1. The molecule has 2 aromatic heterocycles. The van der Waals surface area contributed by atoms with E-state index < -0.39 is 0 Å². The van der Waals surface area contributed by atoms with Crippen molar-refractivity contribution in [1.82, 2.24) is 14.9 Å². The summed E-state index contributed by atoms with van der Waals surface area (Å²) in [5.41, 5.74) is 2.16. The fourth-order valence-electron chi connectivity index (χ4n) is 3.52. The topological polar surface area (TPSA) is 75.3 Å². The van der Waals surface area contributed by atoms with E-state index >= 15 is 0 Å². The van der Waals surface area contributed by atoms with Crippen LogP contribution in [0.3, 0.4) is 0 Å². The fraction of sp³-hybridized carbons (Fsp3) is 0.286. The second-order valence-corrected chi connectivity index (χ2v) is 7.61. The monoisotopic (exact) mass is 395 g/mol. The Kier molecular flexibility index (Phi) is 5.25. The number of carbonyl (C=O) groups excluding carboxylic acids is 1. The van der Waals surface area contributed by atoms with Crippen LogP contribution in [0.4, 0.5) is 0 Å². The number of H-pyrrole nitrogens is 1. The van der Waals surface area contributed by atoms with Crippen LogP contribution in [-0.4, -0.2) is 41.0 Å². The van der Waals surface area contributed by atoms with Gasteiger partial charge in [0.2, 0.25) is 0 Å². The predicted molar refractivity (Wildman–Crippen MR) is 109 cm³/mol. The first-order chi connectivity index (χ1) is 13.6. The minimum absolute atomic E-state index is 0.00539. The molecule has 1 fully saturated rings. The molecule has 3 aromatic rings. The van der Waals surface area contributed by atoms with E-state index in [9.17, 15) is 9.59 Å². The maximum Gasteiger partial charge on any atom is 0.253 e. The van der Waals surface area contributed by atoms with Crippen LogP contribution in [0.15, 0.2) is 52.0 Å². The number of piperidine rings is 1. The van der Waals surface area contributed by atoms with Crippen molar-refractivity contribution in [3.8, 4) is 17.0 Å². The van der Waals surface area contributed by atoms with Crippen LogP contribution in [-0.2, 0) is 0 Å². The highest BCUT2D eigenvalue weighted by molar-refractivity contribution is 7.08. The molecule has 0 saturated carbocycles. The fourth-order valence-corrected chi connectivity index (χ4v) is 4.17. The van der Waals surface area contributed by atoms with Gasteiger partial charge in [0.1, 0.15) is 11.6 Å². The Balaban J connectivity index is 1.47. The molecule has 0 atom stereocenters. The van der Waals surface area contributed by atoms with Crippen LogP contribution < -0.4 is 10.3 Å². The van der Waals surface area contributed by atoms with Gasteiger partial charge in [-0.05, 0) is 42.5 Å². The molecule has 1 aliphatic heterocycles. The van der Waals surface area contributed by atoms with Crippen LogP contribution in [0.2, 0.25) is 0 Å². The van der Waals surface area contributed by atoms with E-state index in [1.54, 1.807) is 30.6 Å². The van der Waals surface area contributed by atoms with Crippen molar-refractivity contribution in [2.45, 2.75) is 18.8 Å². The molecule has 28 heavy (non-hydrogen) atoms. The summed E-state index contributed by atoms with van der Waals surface area (Å²) in [6.45, 7) is 1.26. The van der Waals surface area contributed by atoms with Crippen molar-refractivity contribution in [2.24, 2.45) is 0 Å². The first kappa shape index (κ1) is 18.4. The Labute approximate surface area is 166 Å². The highest BCUT2D eigenvalue weighted by Crippen LogP contribution is 2.28. The third-order valence-electron chi connectivity index (χ3n) is 5.06. The van der Waals surface area contributed by atoms with Gasteiger partial charge in [-0.1, -0.05) is 6.07 Å². The zero-order valence-electron chi connectivity index (χ0n) is 15.6. The third-order valence-corrected chi connectivity index (χ3v) is 5.75. The lowest BCUT2D eigenvalue weighted by Gasteiger charge is -2.31. The number of rotatable bonds is 4. The SMILES string of the molecule is COc1cccc(C(=O)N2CCC(c3nc(-c4ccsc4)cc(=O)[nH]3)CC2)c1. The van der Waals surface area contributed by atoms with E-state index in [0.29, 0.717) is 35.9 Å². The van der Waals surface area contributed by atoms with Gasteiger partial charge in [0, 0.05) is 41.6 Å². The Bertz CT molecular complexity index is 1020. The van der Waals surface area contributed by atoms with Crippen molar-refractivity contribution in [3.63, 3.8) is 0 Å². The molecule has 0 aliphatic carbocycles. The number of nitrogens with one attached hydrogen (secondary N) is 1. The molecule has 144 valence electrons. The normalized spacial score (nSPS) is 14.8. The summed E-state index contributed by atoms with van der Waals surface area (Å²) in [5, 5.41) is 3.96. The smallest absolute Gasteiger partial charge is 0.253 e. The van der Waals surface area contributed by atoms with E-state index in [1.165, 1.54) is 6.07 Å². The van der Waals surface area contributed by atoms with Crippen LogP contribution in [0.5, 0.6) is 5.75 Å².